The summed E-state index contributed by atoms with van der Waals surface area (Å²) in [6.07, 6.45) is 0. The monoisotopic (exact) mass is 229 g/mol. The molecule has 1 N–H and O–H groups in total. The van der Waals surface area contributed by atoms with E-state index in [-0.39, 0.29) is 0 Å². The van der Waals surface area contributed by atoms with Gasteiger partial charge in [-0.15, -0.1) is 0 Å². The molecule has 0 fully saturated rings. The number of hydroxylamine groups is 1. The van der Waals surface area contributed by atoms with Gasteiger partial charge in [0, 0.05) is 10.5 Å². The Labute approximate surface area is 81.0 Å². The van der Waals surface area contributed by atoms with E-state index in [9.17, 15) is 0 Å². The van der Waals surface area contributed by atoms with Crippen LogP contribution in [-0.4, -0.2) is 6.04 Å². The van der Waals surface area contributed by atoms with E-state index in [4.69, 9.17) is 4.84 Å². The van der Waals surface area contributed by atoms with Crippen molar-refractivity contribution in [1.82, 2.24) is 5.48 Å². The third-order valence-electron chi connectivity index (χ3n) is 1.23. The van der Waals surface area contributed by atoms with Crippen LogP contribution < -0.4 is 10.3 Å². The molecule has 0 spiro atoms. The van der Waals surface area contributed by atoms with E-state index in [1.165, 1.54) is 0 Å². The van der Waals surface area contributed by atoms with Crippen molar-refractivity contribution in [2.45, 2.75) is 19.9 Å². The Morgan fingerprint density at radius 1 is 1.25 bits per heavy atom. The van der Waals surface area contributed by atoms with E-state index in [0.717, 1.165) is 10.2 Å². The third-order valence-corrected chi connectivity index (χ3v) is 1.75. The van der Waals surface area contributed by atoms with Crippen molar-refractivity contribution in [2.24, 2.45) is 0 Å². The van der Waals surface area contributed by atoms with Gasteiger partial charge in [-0.3, -0.25) is 0 Å². The lowest BCUT2D eigenvalue weighted by Crippen LogP contribution is -2.26. The molecule has 0 aliphatic heterocycles. The molecule has 3 heteroatoms. The zero-order chi connectivity index (χ0) is 8.97. The van der Waals surface area contributed by atoms with Gasteiger partial charge in [-0.25, -0.2) is 0 Å². The predicted molar refractivity (Wildman–Crippen MR) is 53.0 cm³/mol. The Morgan fingerprint density at radius 2 is 1.83 bits per heavy atom. The first kappa shape index (κ1) is 9.55. The molecule has 0 saturated heterocycles. The summed E-state index contributed by atoms with van der Waals surface area (Å²) < 4.78 is 1.05. The van der Waals surface area contributed by atoms with Crippen LogP contribution in [0.4, 0.5) is 0 Å². The second kappa shape index (κ2) is 4.48. The Morgan fingerprint density at radius 3 is 2.33 bits per heavy atom. The molecule has 0 amide bonds. The van der Waals surface area contributed by atoms with Crippen molar-refractivity contribution in [2.75, 3.05) is 0 Å². The Balaban J connectivity index is 2.48. The fourth-order valence-corrected chi connectivity index (χ4v) is 0.953. The number of benzene rings is 1. The average molecular weight is 230 g/mol. The van der Waals surface area contributed by atoms with Gasteiger partial charge in [0.05, 0.1) is 0 Å². The topological polar surface area (TPSA) is 21.3 Å². The second-order valence-corrected chi connectivity index (χ2v) is 3.74. The zero-order valence-corrected chi connectivity index (χ0v) is 8.76. The summed E-state index contributed by atoms with van der Waals surface area (Å²) in [6, 6.07) is 8.02. The molecule has 2 nitrogen and oxygen atoms in total. The maximum absolute atomic E-state index is 5.25. The van der Waals surface area contributed by atoms with E-state index in [2.05, 4.69) is 21.4 Å². The summed E-state index contributed by atoms with van der Waals surface area (Å²) in [5, 5.41) is 0. The molecule has 0 unspecified atom stereocenters. The molecule has 66 valence electrons. The smallest absolute Gasteiger partial charge is 0.147 e. The predicted octanol–water partition coefficient (Wildman–Crippen LogP) is 2.74. The van der Waals surface area contributed by atoms with Crippen LogP contribution in [0.15, 0.2) is 28.7 Å². The molecule has 0 radical (unpaired) electrons. The van der Waals surface area contributed by atoms with Crippen molar-refractivity contribution in [3.63, 3.8) is 0 Å². The zero-order valence-electron chi connectivity index (χ0n) is 7.17. The summed E-state index contributed by atoms with van der Waals surface area (Å²) >= 11 is 3.35. The molecule has 1 aromatic carbocycles. The van der Waals surface area contributed by atoms with E-state index >= 15 is 0 Å². The van der Waals surface area contributed by atoms with Gasteiger partial charge in [0.1, 0.15) is 5.75 Å². The minimum atomic E-state index is 0.327. The summed E-state index contributed by atoms with van der Waals surface area (Å²) in [5.41, 5.74) is 2.87. The van der Waals surface area contributed by atoms with Crippen molar-refractivity contribution < 1.29 is 4.84 Å². The van der Waals surface area contributed by atoms with Gasteiger partial charge >= 0.3 is 0 Å². The summed E-state index contributed by atoms with van der Waals surface area (Å²) in [4.78, 5) is 5.25. The van der Waals surface area contributed by atoms with Crippen molar-refractivity contribution in [1.29, 1.82) is 0 Å². The molecule has 0 saturated carbocycles. The molecule has 0 bridgehead atoms. The van der Waals surface area contributed by atoms with Crippen LogP contribution in [0.5, 0.6) is 5.75 Å². The molecule has 1 rings (SSSR count). The highest BCUT2D eigenvalue weighted by Crippen LogP contribution is 2.15. The number of halogens is 1. The average Bonchev–Trinajstić information content (AvgIpc) is 2.03. The highest BCUT2D eigenvalue weighted by atomic mass is 79.9. The fraction of sp³-hybridized carbons (Fsp3) is 0.333. The molecule has 12 heavy (non-hydrogen) atoms. The summed E-state index contributed by atoms with van der Waals surface area (Å²) in [7, 11) is 0. The molecule has 0 aromatic heterocycles. The lowest BCUT2D eigenvalue weighted by atomic mass is 10.3. The first-order chi connectivity index (χ1) is 5.68. The molecule has 1 aromatic rings. The van der Waals surface area contributed by atoms with Gasteiger partial charge in [-0.2, -0.15) is 5.48 Å². The maximum atomic E-state index is 5.25. The van der Waals surface area contributed by atoms with E-state index in [1.54, 1.807) is 0 Å². The van der Waals surface area contributed by atoms with Gasteiger partial charge < -0.3 is 4.84 Å². The van der Waals surface area contributed by atoms with Crippen LogP contribution in [-0.2, 0) is 0 Å². The summed E-state index contributed by atoms with van der Waals surface area (Å²) in [6.45, 7) is 4.05. The van der Waals surface area contributed by atoms with Gasteiger partial charge in [-0.1, -0.05) is 15.9 Å². The molecular weight excluding hydrogens is 218 g/mol. The molecule has 0 heterocycles. The van der Waals surface area contributed by atoms with E-state index < -0.39 is 0 Å². The van der Waals surface area contributed by atoms with Gasteiger partial charge in [-0.05, 0) is 38.1 Å². The number of hydrogen-bond acceptors (Lipinski definition) is 2. The van der Waals surface area contributed by atoms with Gasteiger partial charge in [0.2, 0.25) is 0 Å². The highest BCUT2D eigenvalue weighted by Gasteiger charge is 1.94. The first-order valence-electron chi connectivity index (χ1n) is 3.86. The van der Waals surface area contributed by atoms with Crippen molar-refractivity contribution in [3.05, 3.63) is 28.7 Å². The molecule has 0 atom stereocenters. The highest BCUT2D eigenvalue weighted by molar-refractivity contribution is 9.10. The largest absolute Gasteiger partial charge is 0.409 e. The summed E-state index contributed by atoms with van der Waals surface area (Å²) in [5.74, 6) is 0.826. The van der Waals surface area contributed by atoms with Gasteiger partial charge in [0.25, 0.3) is 0 Å². The Bertz CT molecular complexity index is 233. The van der Waals surface area contributed by atoms with Crippen LogP contribution in [0, 0.1) is 0 Å². The lowest BCUT2D eigenvalue weighted by Gasteiger charge is -2.09. The first-order valence-corrected chi connectivity index (χ1v) is 4.65. The van der Waals surface area contributed by atoms with E-state index in [0.29, 0.717) is 6.04 Å². The Kier molecular flexibility index (Phi) is 3.56. The molecular formula is C9H12BrNO. The van der Waals surface area contributed by atoms with Crippen LogP contribution in [0.2, 0.25) is 0 Å². The van der Waals surface area contributed by atoms with Crippen LogP contribution in [0.1, 0.15) is 13.8 Å². The van der Waals surface area contributed by atoms with E-state index in [1.807, 2.05) is 38.1 Å². The molecule has 0 aliphatic rings. The minimum Gasteiger partial charge on any atom is -0.409 e. The molecule has 0 aliphatic carbocycles. The van der Waals surface area contributed by atoms with Crippen LogP contribution >= 0.6 is 15.9 Å². The van der Waals surface area contributed by atoms with Gasteiger partial charge in [0.15, 0.2) is 0 Å². The quantitative estimate of drug-likeness (QED) is 0.806. The fourth-order valence-electron chi connectivity index (χ4n) is 0.689. The van der Waals surface area contributed by atoms with Crippen molar-refractivity contribution in [3.8, 4) is 5.75 Å². The number of rotatable bonds is 3. The van der Waals surface area contributed by atoms with Crippen LogP contribution in [0.3, 0.4) is 0 Å². The SMILES string of the molecule is CC(C)NOc1ccc(Br)cc1. The van der Waals surface area contributed by atoms with Crippen molar-refractivity contribution >= 4 is 15.9 Å². The minimum absolute atomic E-state index is 0.327. The second-order valence-electron chi connectivity index (χ2n) is 2.83. The van der Waals surface area contributed by atoms with Crippen LogP contribution in [0.25, 0.3) is 0 Å². The maximum Gasteiger partial charge on any atom is 0.147 e. The standard InChI is InChI=1S/C9H12BrNO/c1-7(2)11-12-9-5-3-8(10)4-6-9/h3-7,11H,1-2H3. The number of nitrogens with one attached hydrogen (secondary N) is 1. The normalized spacial score (nSPS) is 10.3. The number of hydrogen-bond donors (Lipinski definition) is 1. The Hall–Kier alpha value is -0.540. The third kappa shape index (κ3) is 3.24. The lowest BCUT2D eigenvalue weighted by molar-refractivity contribution is 0.169.